The number of esters is 1. The molecule has 2 heterocycles. The highest BCUT2D eigenvalue weighted by Crippen LogP contribution is 2.30. The van der Waals surface area contributed by atoms with Gasteiger partial charge in [-0.25, -0.2) is 9.78 Å². The number of hydrogen-bond donors (Lipinski definition) is 0. The van der Waals surface area contributed by atoms with Gasteiger partial charge in [-0.1, -0.05) is 54.1 Å². The molecule has 4 heteroatoms. The van der Waals surface area contributed by atoms with Gasteiger partial charge in [0.2, 0.25) is 0 Å². The van der Waals surface area contributed by atoms with Crippen molar-refractivity contribution >= 4 is 27.8 Å². The molecule has 0 aliphatic heterocycles. The van der Waals surface area contributed by atoms with Crippen LogP contribution in [0.2, 0.25) is 0 Å². The number of nitrogens with zero attached hydrogens (tertiary/aromatic N) is 1. The summed E-state index contributed by atoms with van der Waals surface area (Å²) in [6.45, 7) is 1.99. The minimum absolute atomic E-state index is 0.426. The van der Waals surface area contributed by atoms with Gasteiger partial charge in [-0.2, -0.15) is 0 Å². The van der Waals surface area contributed by atoms with Gasteiger partial charge < -0.3 is 9.15 Å². The van der Waals surface area contributed by atoms with Gasteiger partial charge in [0.15, 0.2) is 5.76 Å². The Morgan fingerprint density at radius 3 is 2.48 bits per heavy atom. The maximum Gasteiger partial charge on any atom is 0.344 e. The van der Waals surface area contributed by atoms with E-state index in [1.54, 1.807) is 18.2 Å². The van der Waals surface area contributed by atoms with Gasteiger partial charge in [0.25, 0.3) is 0 Å². The minimum atomic E-state index is -0.426. The van der Waals surface area contributed by atoms with Crippen molar-refractivity contribution in [3.63, 3.8) is 0 Å². The summed E-state index contributed by atoms with van der Waals surface area (Å²) in [6.07, 6.45) is 0. The Morgan fingerprint density at radius 2 is 1.66 bits per heavy atom. The van der Waals surface area contributed by atoms with Crippen LogP contribution in [0, 0.1) is 6.92 Å². The molecule has 0 amide bonds. The Bertz CT molecular complexity index is 1320. The molecule has 0 N–H and O–H groups in total. The van der Waals surface area contributed by atoms with E-state index in [0.29, 0.717) is 28.3 Å². The van der Waals surface area contributed by atoms with Crippen LogP contribution in [-0.2, 0) is 0 Å². The fourth-order valence-electron chi connectivity index (χ4n) is 3.35. The van der Waals surface area contributed by atoms with Crippen LogP contribution in [0.15, 0.2) is 89.3 Å². The van der Waals surface area contributed by atoms with Crippen LogP contribution in [-0.4, -0.2) is 11.0 Å². The van der Waals surface area contributed by atoms with Gasteiger partial charge in [-0.3, -0.25) is 0 Å². The topological polar surface area (TPSA) is 52.3 Å². The van der Waals surface area contributed by atoms with Crippen molar-refractivity contribution in [3.8, 4) is 17.2 Å². The maximum atomic E-state index is 13.0. The summed E-state index contributed by atoms with van der Waals surface area (Å²) in [4.78, 5) is 17.7. The van der Waals surface area contributed by atoms with E-state index in [4.69, 9.17) is 14.1 Å². The van der Waals surface area contributed by atoms with E-state index >= 15 is 0 Å². The number of benzene rings is 3. The zero-order valence-corrected chi connectivity index (χ0v) is 15.8. The zero-order chi connectivity index (χ0) is 19.8. The third-order valence-electron chi connectivity index (χ3n) is 4.85. The van der Waals surface area contributed by atoms with E-state index in [2.05, 4.69) is 0 Å². The number of rotatable bonds is 3. The lowest BCUT2D eigenvalue weighted by atomic mass is 10.1. The van der Waals surface area contributed by atoms with E-state index in [0.717, 1.165) is 21.9 Å². The molecule has 0 fully saturated rings. The number of carbonyl (C=O) groups is 1. The largest absolute Gasteiger partial charge is 0.454 e. The van der Waals surface area contributed by atoms with Crippen molar-refractivity contribution in [2.24, 2.45) is 0 Å². The van der Waals surface area contributed by atoms with Crippen LogP contribution in [0.1, 0.15) is 15.9 Å². The van der Waals surface area contributed by atoms with Crippen LogP contribution < -0.4 is 4.74 Å². The Kier molecular flexibility index (Phi) is 4.10. The average Bonchev–Trinajstić information content (AvgIpc) is 3.19. The summed E-state index contributed by atoms with van der Waals surface area (Å²) in [5.41, 5.74) is 3.64. The van der Waals surface area contributed by atoms with E-state index in [9.17, 15) is 4.79 Å². The highest BCUT2D eigenvalue weighted by Gasteiger charge is 2.17. The molecule has 140 valence electrons. The Labute approximate surface area is 167 Å². The smallest absolute Gasteiger partial charge is 0.344 e. The lowest BCUT2D eigenvalue weighted by Gasteiger charge is -2.09. The Hall–Kier alpha value is -3.92. The van der Waals surface area contributed by atoms with Gasteiger partial charge in [0.1, 0.15) is 17.0 Å². The van der Waals surface area contributed by atoms with Gasteiger partial charge >= 0.3 is 5.97 Å². The van der Waals surface area contributed by atoms with E-state index in [-0.39, 0.29) is 0 Å². The third-order valence-corrected chi connectivity index (χ3v) is 4.85. The summed E-state index contributed by atoms with van der Waals surface area (Å²) in [5.74, 6) is 0.693. The molecular formula is C25H17NO3. The number of fused-ring (bicyclic) bond motifs is 2. The highest BCUT2D eigenvalue weighted by atomic mass is 16.5. The second-order valence-electron chi connectivity index (χ2n) is 6.92. The molecule has 5 rings (SSSR count). The predicted molar refractivity (Wildman–Crippen MR) is 113 cm³/mol. The zero-order valence-electron chi connectivity index (χ0n) is 15.8. The molecule has 0 radical (unpaired) electrons. The quantitative estimate of drug-likeness (QED) is 0.278. The molecule has 3 aromatic carbocycles. The van der Waals surface area contributed by atoms with Crippen molar-refractivity contribution < 1.29 is 13.9 Å². The van der Waals surface area contributed by atoms with E-state index < -0.39 is 5.97 Å². The molecule has 0 saturated heterocycles. The summed E-state index contributed by atoms with van der Waals surface area (Å²) < 4.78 is 11.6. The maximum absolute atomic E-state index is 13.0. The number of aromatic nitrogens is 1. The second kappa shape index (κ2) is 6.91. The van der Waals surface area contributed by atoms with Gasteiger partial charge in [0, 0.05) is 10.8 Å². The summed E-state index contributed by atoms with van der Waals surface area (Å²) >= 11 is 0. The normalized spacial score (nSPS) is 11.1. The second-order valence-corrected chi connectivity index (χ2v) is 6.92. The van der Waals surface area contributed by atoms with Crippen molar-refractivity contribution in [3.05, 3.63) is 96.1 Å². The standard InChI is InChI=1S/C25H17NO3/c1-16-10-12-18(13-11-16)28-25(27)20-15-22(26-21-8-4-3-7-19(20)21)24-14-17-6-2-5-9-23(17)29-24/h2-15H,1H3. The van der Waals surface area contributed by atoms with Gasteiger partial charge in [-0.05, 0) is 43.3 Å². The summed E-state index contributed by atoms with van der Waals surface area (Å²) in [5, 5.41) is 1.73. The molecule has 0 atom stereocenters. The monoisotopic (exact) mass is 379 g/mol. The van der Waals surface area contributed by atoms with Crippen molar-refractivity contribution in [1.82, 2.24) is 4.98 Å². The number of pyridine rings is 1. The Morgan fingerprint density at radius 1 is 0.897 bits per heavy atom. The number of ether oxygens (including phenoxy) is 1. The Balaban J connectivity index is 1.61. The van der Waals surface area contributed by atoms with Crippen LogP contribution in [0.25, 0.3) is 33.3 Å². The van der Waals surface area contributed by atoms with Crippen LogP contribution in [0.4, 0.5) is 0 Å². The molecule has 29 heavy (non-hydrogen) atoms. The van der Waals surface area contributed by atoms with Gasteiger partial charge in [-0.15, -0.1) is 0 Å². The van der Waals surface area contributed by atoms with Crippen LogP contribution in [0.5, 0.6) is 5.75 Å². The molecule has 0 aliphatic carbocycles. The molecule has 0 saturated carbocycles. The first-order chi connectivity index (χ1) is 14.2. The SMILES string of the molecule is Cc1ccc(OC(=O)c2cc(-c3cc4ccccc4o3)nc3ccccc23)cc1. The predicted octanol–water partition coefficient (Wildman–Crippen LogP) is 6.18. The fraction of sp³-hybridized carbons (Fsp3) is 0.0400. The molecule has 0 bridgehead atoms. The van der Waals surface area contributed by atoms with Gasteiger partial charge in [0.05, 0.1) is 11.1 Å². The first-order valence-corrected chi connectivity index (χ1v) is 9.35. The lowest BCUT2D eigenvalue weighted by Crippen LogP contribution is -2.10. The molecule has 5 aromatic rings. The fourth-order valence-corrected chi connectivity index (χ4v) is 3.35. The van der Waals surface area contributed by atoms with Crippen molar-refractivity contribution in [1.29, 1.82) is 0 Å². The summed E-state index contributed by atoms with van der Waals surface area (Å²) in [6, 6.07) is 26.4. The van der Waals surface area contributed by atoms with E-state index in [1.165, 1.54) is 0 Å². The first kappa shape index (κ1) is 17.2. The average molecular weight is 379 g/mol. The van der Waals surface area contributed by atoms with Crippen LogP contribution in [0.3, 0.4) is 0 Å². The van der Waals surface area contributed by atoms with Crippen molar-refractivity contribution in [2.45, 2.75) is 6.92 Å². The molecule has 4 nitrogen and oxygen atoms in total. The minimum Gasteiger partial charge on any atom is -0.454 e. The molecule has 2 aromatic heterocycles. The van der Waals surface area contributed by atoms with Crippen molar-refractivity contribution in [2.75, 3.05) is 0 Å². The molecule has 0 spiro atoms. The van der Waals surface area contributed by atoms with Crippen LogP contribution >= 0.6 is 0 Å². The highest BCUT2D eigenvalue weighted by molar-refractivity contribution is 6.05. The van der Waals surface area contributed by atoms with E-state index in [1.807, 2.05) is 73.7 Å². The molecule has 0 aliphatic rings. The molecule has 0 unspecified atom stereocenters. The number of carbonyl (C=O) groups excluding carboxylic acids is 1. The summed E-state index contributed by atoms with van der Waals surface area (Å²) in [7, 11) is 0. The number of para-hydroxylation sites is 2. The third kappa shape index (κ3) is 3.25. The lowest BCUT2D eigenvalue weighted by molar-refractivity contribution is 0.0737. The molecular weight excluding hydrogens is 362 g/mol. The number of hydrogen-bond acceptors (Lipinski definition) is 4. The number of furan rings is 1. The number of aryl methyl sites for hydroxylation is 1. The first-order valence-electron chi connectivity index (χ1n) is 9.35.